The first-order valence-corrected chi connectivity index (χ1v) is 5.97. The van der Waals surface area contributed by atoms with E-state index in [0.717, 1.165) is 0 Å². The Balaban J connectivity index is 2.32. The Labute approximate surface area is 117 Å². The molecular weight excluding hydrogens is 252 g/mol. The second-order valence-electron chi connectivity index (χ2n) is 3.98. The number of esters is 1. The highest BCUT2D eigenvalue weighted by Crippen LogP contribution is 2.14. The van der Waals surface area contributed by atoms with Crippen LogP contribution in [0.2, 0.25) is 0 Å². The van der Waals surface area contributed by atoms with E-state index in [9.17, 15) is 10.1 Å². The van der Waals surface area contributed by atoms with Crippen molar-refractivity contribution in [2.75, 3.05) is 7.11 Å². The average Bonchev–Trinajstić information content (AvgIpc) is 2.53. The molecule has 0 aromatic heterocycles. The van der Waals surface area contributed by atoms with Gasteiger partial charge < -0.3 is 4.74 Å². The Morgan fingerprint density at radius 3 is 2.20 bits per heavy atom. The number of benzene rings is 2. The third-order valence-corrected chi connectivity index (χ3v) is 2.68. The molecule has 0 radical (unpaired) electrons. The monoisotopic (exact) mass is 264 g/mol. The van der Waals surface area contributed by atoms with E-state index in [1.807, 2.05) is 30.3 Å². The Bertz CT molecular complexity index is 668. The molecule has 0 aliphatic heterocycles. The van der Waals surface area contributed by atoms with Crippen LogP contribution in [0.1, 0.15) is 15.9 Å². The number of carbonyl (C=O) groups excluding carboxylic acids is 1. The molecule has 2 rings (SSSR count). The maximum atomic E-state index is 11.3. The largest absolute Gasteiger partial charge is 0.465 e. The minimum absolute atomic E-state index is 0.299. The molecular formula is C16H12N2O2. The number of aliphatic imine (C=N–C) groups is 1. The molecule has 0 atom stereocenters. The van der Waals surface area contributed by atoms with Crippen LogP contribution < -0.4 is 0 Å². The molecule has 0 amide bonds. The Kier molecular flexibility index (Phi) is 4.25. The van der Waals surface area contributed by atoms with E-state index in [1.54, 1.807) is 24.3 Å². The standard InChI is InChI=1S/C16H12N2O2/c1-20-16(19)13-9-7-12(8-10-13)15(11-17)18-14-5-3-2-4-6-14/h2-10H,1H3. The normalized spacial score (nSPS) is 10.7. The summed E-state index contributed by atoms with van der Waals surface area (Å²) in [7, 11) is 1.33. The molecule has 0 aliphatic rings. The minimum atomic E-state index is -0.407. The number of methoxy groups -OCH3 is 1. The van der Waals surface area contributed by atoms with Gasteiger partial charge in [-0.2, -0.15) is 5.26 Å². The fourth-order valence-electron chi connectivity index (χ4n) is 1.67. The van der Waals surface area contributed by atoms with Crippen LogP contribution in [0.3, 0.4) is 0 Å². The molecule has 0 fully saturated rings. The van der Waals surface area contributed by atoms with Crippen molar-refractivity contribution >= 4 is 17.4 Å². The molecule has 0 aliphatic carbocycles. The third-order valence-electron chi connectivity index (χ3n) is 2.68. The number of rotatable bonds is 3. The average molecular weight is 264 g/mol. The summed E-state index contributed by atoms with van der Waals surface area (Å²) in [6.45, 7) is 0. The van der Waals surface area contributed by atoms with Gasteiger partial charge in [-0.25, -0.2) is 9.79 Å². The van der Waals surface area contributed by atoms with Crippen molar-refractivity contribution in [2.24, 2.45) is 4.99 Å². The van der Waals surface area contributed by atoms with Crippen LogP contribution in [0.5, 0.6) is 0 Å². The van der Waals surface area contributed by atoms with Crippen molar-refractivity contribution in [2.45, 2.75) is 0 Å². The lowest BCUT2D eigenvalue weighted by Gasteiger charge is -2.01. The van der Waals surface area contributed by atoms with Crippen molar-refractivity contribution in [1.82, 2.24) is 0 Å². The lowest BCUT2D eigenvalue weighted by atomic mass is 10.1. The lowest BCUT2D eigenvalue weighted by Crippen LogP contribution is -2.02. The van der Waals surface area contributed by atoms with Crippen molar-refractivity contribution in [3.8, 4) is 6.07 Å². The van der Waals surface area contributed by atoms with E-state index < -0.39 is 5.97 Å². The molecule has 0 N–H and O–H groups in total. The van der Waals surface area contributed by atoms with Crippen LogP contribution in [0.15, 0.2) is 59.6 Å². The van der Waals surface area contributed by atoms with Crippen molar-refractivity contribution < 1.29 is 9.53 Å². The van der Waals surface area contributed by atoms with E-state index in [4.69, 9.17) is 0 Å². The molecule has 0 bridgehead atoms. The maximum Gasteiger partial charge on any atom is 0.337 e. The fraction of sp³-hybridized carbons (Fsp3) is 0.0625. The van der Waals surface area contributed by atoms with Crippen LogP contribution in [0.4, 0.5) is 5.69 Å². The van der Waals surface area contributed by atoms with E-state index >= 15 is 0 Å². The first kappa shape index (κ1) is 13.5. The van der Waals surface area contributed by atoms with Gasteiger partial charge in [0, 0.05) is 5.56 Å². The van der Waals surface area contributed by atoms with Gasteiger partial charge >= 0.3 is 5.97 Å². The SMILES string of the molecule is COC(=O)c1ccc(C(C#N)=Nc2ccccc2)cc1. The van der Waals surface area contributed by atoms with Crippen LogP contribution in [0, 0.1) is 11.3 Å². The summed E-state index contributed by atoms with van der Waals surface area (Å²) in [6.07, 6.45) is 0. The van der Waals surface area contributed by atoms with E-state index in [-0.39, 0.29) is 0 Å². The van der Waals surface area contributed by atoms with Crippen molar-refractivity contribution in [3.05, 3.63) is 65.7 Å². The number of nitriles is 1. The van der Waals surface area contributed by atoms with Gasteiger partial charge in [-0.3, -0.25) is 0 Å². The van der Waals surface area contributed by atoms with Gasteiger partial charge in [0.25, 0.3) is 0 Å². The summed E-state index contributed by atoms with van der Waals surface area (Å²) in [5, 5.41) is 9.19. The number of carbonyl (C=O) groups is 1. The van der Waals surface area contributed by atoms with Crippen LogP contribution in [0.25, 0.3) is 0 Å². The number of hydrogen-bond acceptors (Lipinski definition) is 4. The zero-order valence-corrected chi connectivity index (χ0v) is 10.9. The number of ether oxygens (including phenoxy) is 1. The fourth-order valence-corrected chi connectivity index (χ4v) is 1.67. The van der Waals surface area contributed by atoms with Gasteiger partial charge in [0.05, 0.1) is 18.4 Å². The second-order valence-corrected chi connectivity index (χ2v) is 3.98. The van der Waals surface area contributed by atoms with E-state index in [2.05, 4.69) is 15.8 Å². The number of hydrogen-bond donors (Lipinski definition) is 0. The van der Waals surface area contributed by atoms with Crippen LogP contribution in [-0.4, -0.2) is 18.8 Å². The summed E-state index contributed by atoms with van der Waals surface area (Å²) in [5.41, 5.74) is 2.10. The Hall–Kier alpha value is -2.93. The molecule has 20 heavy (non-hydrogen) atoms. The highest BCUT2D eigenvalue weighted by Gasteiger charge is 2.07. The highest BCUT2D eigenvalue weighted by molar-refractivity contribution is 6.13. The predicted octanol–water partition coefficient (Wildman–Crippen LogP) is 3.12. The van der Waals surface area contributed by atoms with Gasteiger partial charge in [-0.15, -0.1) is 0 Å². The summed E-state index contributed by atoms with van der Waals surface area (Å²) in [5.74, 6) is -0.407. The quantitative estimate of drug-likeness (QED) is 0.632. The van der Waals surface area contributed by atoms with Crippen molar-refractivity contribution in [1.29, 1.82) is 5.26 Å². The predicted molar refractivity (Wildman–Crippen MR) is 76.0 cm³/mol. The molecule has 98 valence electrons. The molecule has 0 heterocycles. The molecule has 0 saturated carbocycles. The van der Waals surface area contributed by atoms with Gasteiger partial charge in [0.15, 0.2) is 0 Å². The second kappa shape index (κ2) is 6.30. The van der Waals surface area contributed by atoms with Crippen LogP contribution >= 0.6 is 0 Å². The van der Waals surface area contributed by atoms with Gasteiger partial charge in [0.1, 0.15) is 11.8 Å². The minimum Gasteiger partial charge on any atom is -0.465 e. The van der Waals surface area contributed by atoms with E-state index in [0.29, 0.717) is 22.5 Å². The highest BCUT2D eigenvalue weighted by atomic mass is 16.5. The molecule has 4 nitrogen and oxygen atoms in total. The smallest absolute Gasteiger partial charge is 0.337 e. The number of nitrogens with zero attached hydrogens (tertiary/aromatic N) is 2. The Morgan fingerprint density at radius 2 is 1.65 bits per heavy atom. The first-order chi connectivity index (χ1) is 9.74. The van der Waals surface area contributed by atoms with Crippen LogP contribution in [-0.2, 0) is 4.74 Å². The van der Waals surface area contributed by atoms with E-state index in [1.165, 1.54) is 7.11 Å². The summed E-state index contributed by atoms with van der Waals surface area (Å²) in [6, 6.07) is 17.9. The zero-order valence-electron chi connectivity index (χ0n) is 10.9. The van der Waals surface area contributed by atoms with Crippen molar-refractivity contribution in [3.63, 3.8) is 0 Å². The maximum absolute atomic E-state index is 11.3. The topological polar surface area (TPSA) is 62.5 Å². The molecule has 0 unspecified atom stereocenters. The molecule has 0 spiro atoms. The van der Waals surface area contributed by atoms with Gasteiger partial charge in [0.2, 0.25) is 0 Å². The molecule has 2 aromatic rings. The third kappa shape index (κ3) is 3.09. The zero-order chi connectivity index (χ0) is 14.4. The van der Waals surface area contributed by atoms with Gasteiger partial charge in [-0.1, -0.05) is 30.3 Å². The molecule has 2 aromatic carbocycles. The number of para-hydroxylation sites is 1. The molecule has 4 heteroatoms. The lowest BCUT2D eigenvalue weighted by molar-refractivity contribution is 0.0600. The summed E-state index contributed by atoms with van der Waals surface area (Å²) >= 11 is 0. The summed E-state index contributed by atoms with van der Waals surface area (Å²) < 4.78 is 4.62. The summed E-state index contributed by atoms with van der Waals surface area (Å²) in [4.78, 5) is 15.6. The first-order valence-electron chi connectivity index (χ1n) is 5.97. The van der Waals surface area contributed by atoms with Gasteiger partial charge in [-0.05, 0) is 24.3 Å². The Morgan fingerprint density at radius 1 is 1.05 bits per heavy atom. The molecule has 0 saturated heterocycles.